The highest BCUT2D eigenvalue weighted by molar-refractivity contribution is 5.82. The molecule has 0 saturated carbocycles. The van der Waals surface area contributed by atoms with Crippen LogP contribution in [0.2, 0.25) is 0 Å². The van der Waals surface area contributed by atoms with Crippen LogP contribution in [0.25, 0.3) is 11.0 Å². The van der Waals surface area contributed by atoms with E-state index in [9.17, 15) is 0 Å². The fourth-order valence-corrected chi connectivity index (χ4v) is 3.71. The molecule has 6 nitrogen and oxygen atoms in total. The topological polar surface area (TPSA) is 40.0 Å². The molecule has 33 heavy (non-hydrogen) atoms. The number of imidazole rings is 1. The summed E-state index contributed by atoms with van der Waals surface area (Å²) in [7, 11) is 8.16. The molecule has 0 spiro atoms. The van der Waals surface area contributed by atoms with Crippen LogP contribution in [0.3, 0.4) is 0 Å². The van der Waals surface area contributed by atoms with Crippen LogP contribution in [0.5, 0.6) is 0 Å². The summed E-state index contributed by atoms with van der Waals surface area (Å²) in [4.78, 5) is 4.18. The largest absolute Gasteiger partial charge is 0.378 e. The van der Waals surface area contributed by atoms with E-state index in [1.165, 1.54) is 11.4 Å². The summed E-state index contributed by atoms with van der Waals surface area (Å²) in [6.45, 7) is 2.13. The van der Waals surface area contributed by atoms with Crippen molar-refractivity contribution < 1.29 is 4.68 Å². The zero-order valence-electron chi connectivity index (χ0n) is 20.0. The molecule has 0 unspecified atom stereocenters. The van der Waals surface area contributed by atoms with Gasteiger partial charge in [0.15, 0.2) is 0 Å². The second-order valence-corrected chi connectivity index (χ2v) is 8.34. The maximum absolute atomic E-state index is 4.83. The summed E-state index contributed by atoms with van der Waals surface area (Å²) in [6.07, 6.45) is 4.60. The molecule has 0 aliphatic carbocycles. The molecule has 1 heterocycles. The lowest BCUT2D eigenvalue weighted by molar-refractivity contribution is -0.660. The minimum atomic E-state index is 0.794. The molecule has 0 atom stereocenters. The fraction of sp³-hybridized carbons (Fsp3) is 0.222. The van der Waals surface area contributed by atoms with Crippen molar-refractivity contribution in [2.45, 2.75) is 13.3 Å². The lowest BCUT2D eigenvalue weighted by Gasteiger charge is -2.11. The third-order valence-corrected chi connectivity index (χ3v) is 5.61. The molecule has 1 aromatic heterocycles. The third-order valence-electron chi connectivity index (χ3n) is 5.61. The highest BCUT2D eigenvalue weighted by Gasteiger charge is 2.23. The van der Waals surface area contributed by atoms with Crippen molar-refractivity contribution in [3.63, 3.8) is 0 Å². The van der Waals surface area contributed by atoms with E-state index in [-0.39, 0.29) is 0 Å². The van der Waals surface area contributed by atoms with Crippen LogP contribution in [0.1, 0.15) is 23.9 Å². The molecule has 4 aromatic rings. The molecule has 4 rings (SSSR count). The van der Waals surface area contributed by atoms with Gasteiger partial charge >= 0.3 is 5.82 Å². The summed E-state index contributed by atoms with van der Waals surface area (Å²) in [5, 5.41) is 9.67. The van der Waals surface area contributed by atoms with Gasteiger partial charge in [0.05, 0.1) is 18.9 Å². The standard InChI is InChI=1S/C27H31N6/c1-6-27-32(28-19-21-11-15-23(16-12-21)30(2)3)25-9-7-8-10-26(25)33(27)29-20-22-13-17-24(18-14-22)31(4)5/h7-20H,6H2,1-5H3/q+1/b28-19+,29-20+. The van der Waals surface area contributed by atoms with Crippen LogP contribution in [-0.2, 0) is 6.42 Å². The molecule has 0 N–H and O–H groups in total. The smallest absolute Gasteiger partial charge is 0.308 e. The van der Waals surface area contributed by atoms with Crippen molar-refractivity contribution >= 4 is 34.8 Å². The molecule has 0 amide bonds. The summed E-state index contributed by atoms with van der Waals surface area (Å²) in [5.74, 6) is 1.01. The van der Waals surface area contributed by atoms with E-state index in [0.717, 1.165) is 34.4 Å². The minimum Gasteiger partial charge on any atom is -0.378 e. The molecule has 168 valence electrons. The number of anilines is 2. The Morgan fingerprint density at radius 3 is 1.85 bits per heavy atom. The van der Waals surface area contributed by atoms with E-state index < -0.39 is 0 Å². The van der Waals surface area contributed by atoms with Gasteiger partial charge in [0.2, 0.25) is 11.0 Å². The first-order chi connectivity index (χ1) is 16.0. The molecule has 0 aliphatic rings. The van der Waals surface area contributed by atoms with Gasteiger partial charge in [-0.15, -0.1) is 0 Å². The van der Waals surface area contributed by atoms with Gasteiger partial charge in [-0.05, 0) is 47.5 Å². The number of aromatic nitrogens is 2. The highest BCUT2D eigenvalue weighted by atomic mass is 15.5. The van der Waals surface area contributed by atoms with E-state index >= 15 is 0 Å². The van der Waals surface area contributed by atoms with Gasteiger partial charge in [-0.2, -0.15) is 0 Å². The zero-order valence-corrected chi connectivity index (χ0v) is 20.0. The predicted molar refractivity (Wildman–Crippen MR) is 139 cm³/mol. The number of nitrogens with zero attached hydrogens (tertiary/aromatic N) is 6. The Hall–Kier alpha value is -3.93. The Balaban J connectivity index is 1.71. The summed E-state index contributed by atoms with van der Waals surface area (Å²) in [5.41, 5.74) is 6.48. The first-order valence-electron chi connectivity index (χ1n) is 11.2. The number of para-hydroxylation sites is 2. The van der Waals surface area contributed by atoms with Gasteiger partial charge in [-0.3, -0.25) is 0 Å². The van der Waals surface area contributed by atoms with E-state index in [1.807, 2.05) is 62.1 Å². The van der Waals surface area contributed by atoms with Crippen molar-refractivity contribution in [2.24, 2.45) is 10.2 Å². The minimum absolute atomic E-state index is 0.794. The second kappa shape index (κ2) is 9.69. The molecule has 0 aliphatic heterocycles. The lowest BCUT2D eigenvalue weighted by atomic mass is 10.2. The van der Waals surface area contributed by atoms with Gasteiger partial charge in [0.25, 0.3) is 0 Å². The number of fused-ring (bicyclic) bond motifs is 1. The molecule has 0 fully saturated rings. The van der Waals surface area contributed by atoms with Crippen molar-refractivity contribution in [1.82, 2.24) is 4.68 Å². The average Bonchev–Trinajstić information content (AvgIpc) is 3.14. The quantitative estimate of drug-likeness (QED) is 0.317. The van der Waals surface area contributed by atoms with E-state index in [1.54, 1.807) is 0 Å². The first-order valence-corrected chi connectivity index (χ1v) is 11.2. The fourth-order valence-electron chi connectivity index (χ4n) is 3.71. The normalized spacial score (nSPS) is 11.7. The van der Waals surface area contributed by atoms with E-state index in [4.69, 9.17) is 10.2 Å². The SMILES string of the molecule is CCc1n(/N=C/c2ccc(N(C)C)cc2)c2ccccc2[n+]1/N=C/c1ccc(N(C)C)cc1. The maximum Gasteiger partial charge on any atom is 0.308 e. The van der Waals surface area contributed by atoms with Gasteiger partial charge in [0.1, 0.15) is 0 Å². The van der Waals surface area contributed by atoms with Crippen LogP contribution in [0, 0.1) is 0 Å². The summed E-state index contributed by atoms with van der Waals surface area (Å²) < 4.78 is 3.98. The van der Waals surface area contributed by atoms with Crippen LogP contribution in [-0.4, -0.2) is 45.3 Å². The summed E-state index contributed by atoms with van der Waals surface area (Å²) >= 11 is 0. The molecule has 3 aromatic carbocycles. The number of hydrogen-bond acceptors (Lipinski definition) is 4. The molecular formula is C27H31N6+. The molecular weight excluding hydrogens is 408 g/mol. The zero-order chi connectivity index (χ0) is 23.4. The Bertz CT molecular complexity index is 1180. The van der Waals surface area contributed by atoms with Crippen LogP contribution < -0.4 is 14.5 Å². The van der Waals surface area contributed by atoms with Gasteiger partial charge in [0, 0.05) is 39.6 Å². The molecule has 6 heteroatoms. The van der Waals surface area contributed by atoms with Gasteiger partial charge in [-0.25, -0.2) is 0 Å². The Labute approximate surface area is 195 Å². The van der Waals surface area contributed by atoms with Crippen LogP contribution >= 0.6 is 0 Å². The van der Waals surface area contributed by atoms with Crippen molar-refractivity contribution in [3.05, 3.63) is 89.7 Å². The highest BCUT2D eigenvalue weighted by Crippen LogP contribution is 2.16. The molecule has 0 radical (unpaired) electrons. The Kier molecular flexibility index (Phi) is 6.54. The van der Waals surface area contributed by atoms with Gasteiger partial charge < -0.3 is 9.80 Å². The number of benzene rings is 3. The Morgan fingerprint density at radius 2 is 1.30 bits per heavy atom. The molecule has 0 bridgehead atoms. The monoisotopic (exact) mass is 439 g/mol. The van der Waals surface area contributed by atoms with Crippen molar-refractivity contribution in [1.29, 1.82) is 0 Å². The lowest BCUT2D eigenvalue weighted by Crippen LogP contribution is -2.32. The molecule has 0 saturated heterocycles. The first kappa shape index (κ1) is 22.3. The third kappa shape index (κ3) is 4.80. The maximum atomic E-state index is 4.83. The van der Waals surface area contributed by atoms with Crippen molar-refractivity contribution in [2.75, 3.05) is 38.0 Å². The average molecular weight is 440 g/mol. The van der Waals surface area contributed by atoms with Crippen LogP contribution in [0.15, 0.2) is 83.0 Å². The second-order valence-electron chi connectivity index (χ2n) is 8.34. The number of hydrogen-bond donors (Lipinski definition) is 0. The van der Waals surface area contributed by atoms with E-state index in [2.05, 4.69) is 77.4 Å². The Morgan fingerprint density at radius 1 is 0.758 bits per heavy atom. The van der Waals surface area contributed by atoms with Crippen LogP contribution in [0.4, 0.5) is 11.4 Å². The number of rotatable bonds is 7. The summed E-state index contributed by atoms with van der Waals surface area (Å²) in [6, 6.07) is 25.0. The van der Waals surface area contributed by atoms with E-state index in [0.29, 0.717) is 0 Å². The van der Waals surface area contributed by atoms with Crippen molar-refractivity contribution in [3.8, 4) is 0 Å². The predicted octanol–water partition coefficient (Wildman–Crippen LogP) is 4.39. The van der Waals surface area contributed by atoms with Gasteiger partial charge in [-0.1, -0.05) is 62.9 Å².